The Balaban J connectivity index is 1.91. The predicted molar refractivity (Wildman–Crippen MR) is 120 cm³/mol. The van der Waals surface area contributed by atoms with Gasteiger partial charge in [-0.05, 0) is 30.5 Å². The Bertz CT molecular complexity index is 857. The maximum Gasteiger partial charge on any atom is 0.338 e. The molecule has 9 heteroatoms. The lowest BCUT2D eigenvalue weighted by Gasteiger charge is -2.43. The van der Waals surface area contributed by atoms with Crippen LogP contribution in [-0.4, -0.2) is 59.9 Å². The largest absolute Gasteiger partial charge is 0.454 e. The first kappa shape index (κ1) is 24.1. The zero-order valence-electron chi connectivity index (χ0n) is 17.5. The fourth-order valence-corrected chi connectivity index (χ4v) is 4.30. The van der Waals surface area contributed by atoms with E-state index in [9.17, 15) is 14.4 Å². The van der Waals surface area contributed by atoms with Crippen molar-refractivity contribution in [1.29, 1.82) is 0 Å². The molecule has 1 heterocycles. The number of carbonyl (C=O) groups excluding carboxylic acids is 3. The number of halogens is 1. The second kappa shape index (κ2) is 11.4. The fraction of sp³-hybridized carbons (Fsp3) is 0.348. The number of carbonyl (C=O) groups is 3. The third-order valence-corrected chi connectivity index (χ3v) is 5.93. The Kier molecular flexibility index (Phi) is 8.55. The molecule has 1 aliphatic heterocycles. The van der Waals surface area contributed by atoms with Gasteiger partial charge in [-0.25, -0.2) is 9.59 Å². The van der Waals surface area contributed by atoms with Gasteiger partial charge in [-0.2, -0.15) is 0 Å². The van der Waals surface area contributed by atoms with Gasteiger partial charge in [0, 0.05) is 6.92 Å². The highest BCUT2D eigenvalue weighted by Gasteiger charge is 2.51. The van der Waals surface area contributed by atoms with E-state index in [2.05, 4.69) is 0 Å². The highest BCUT2D eigenvalue weighted by Crippen LogP contribution is 2.34. The first-order chi connectivity index (χ1) is 15.4. The summed E-state index contributed by atoms with van der Waals surface area (Å²) >= 11 is 7.37. The van der Waals surface area contributed by atoms with Crippen LogP contribution in [0.2, 0.25) is 0 Å². The van der Waals surface area contributed by atoms with E-state index in [4.69, 9.17) is 30.5 Å². The second-order valence-corrected chi connectivity index (χ2v) is 8.22. The average molecular weight is 479 g/mol. The number of hydrogen-bond donors (Lipinski definition) is 0. The molecule has 2 aromatic carbocycles. The normalized spacial score (nSPS) is 24.9. The van der Waals surface area contributed by atoms with Crippen molar-refractivity contribution in [1.82, 2.24) is 0 Å². The van der Waals surface area contributed by atoms with Gasteiger partial charge in [0.25, 0.3) is 0 Å². The number of alkyl halides is 1. The Morgan fingerprint density at radius 3 is 1.78 bits per heavy atom. The van der Waals surface area contributed by atoms with Gasteiger partial charge < -0.3 is 18.9 Å². The maximum absolute atomic E-state index is 12.7. The lowest BCUT2D eigenvalue weighted by Crippen LogP contribution is -2.61. The number of ether oxygens (including phenoxy) is 4. The number of esters is 3. The molecule has 5 unspecified atom stereocenters. The summed E-state index contributed by atoms with van der Waals surface area (Å²) in [6, 6.07) is 16.8. The first-order valence-corrected chi connectivity index (χ1v) is 11.7. The van der Waals surface area contributed by atoms with Crippen LogP contribution in [-0.2, 0) is 23.7 Å². The van der Waals surface area contributed by atoms with Crippen LogP contribution in [0.3, 0.4) is 0 Å². The molecule has 7 nitrogen and oxygen atoms in total. The van der Waals surface area contributed by atoms with Gasteiger partial charge in [0.15, 0.2) is 18.3 Å². The fourth-order valence-electron chi connectivity index (χ4n) is 3.32. The molecule has 0 aliphatic carbocycles. The van der Waals surface area contributed by atoms with E-state index in [0.29, 0.717) is 11.1 Å². The summed E-state index contributed by atoms with van der Waals surface area (Å²) in [6.07, 6.45) is -2.24. The first-order valence-electron chi connectivity index (χ1n) is 9.88. The Morgan fingerprint density at radius 2 is 1.34 bits per heavy atom. The SMILES string of the molecule is CSC1OC(CCl)C(OC(=O)c2ccccc2)C(OC(C)=O)C1OC(=O)c1ccccc1. The van der Waals surface area contributed by atoms with Crippen LogP contribution in [0.15, 0.2) is 60.7 Å². The molecule has 0 N–H and O–H groups in total. The molecule has 0 saturated carbocycles. The summed E-state index contributed by atoms with van der Waals surface area (Å²) in [5.74, 6) is -1.90. The highest BCUT2D eigenvalue weighted by atomic mass is 35.5. The monoisotopic (exact) mass is 478 g/mol. The van der Waals surface area contributed by atoms with Gasteiger partial charge >= 0.3 is 17.9 Å². The summed E-state index contributed by atoms with van der Waals surface area (Å²) in [7, 11) is 0. The lowest BCUT2D eigenvalue weighted by atomic mass is 9.99. The van der Waals surface area contributed by atoms with Crippen LogP contribution in [0.5, 0.6) is 0 Å². The standard InChI is InChI=1S/C23H23ClO7S/c1-14(25)28-19-18(30-21(26)15-9-5-3-6-10-15)17(13-24)29-23(32-2)20(19)31-22(27)16-11-7-4-8-12-16/h3-12,17-20,23H,13H2,1-2H3. The van der Waals surface area contributed by atoms with Crippen LogP contribution in [0, 0.1) is 0 Å². The Labute approximate surface area is 195 Å². The third kappa shape index (κ3) is 5.82. The summed E-state index contributed by atoms with van der Waals surface area (Å²) in [5.41, 5.74) is -0.0547. The quantitative estimate of drug-likeness (QED) is 0.338. The number of thioether (sulfide) groups is 1. The smallest absolute Gasteiger partial charge is 0.338 e. The van der Waals surface area contributed by atoms with Crippen molar-refractivity contribution in [2.45, 2.75) is 36.8 Å². The minimum Gasteiger partial charge on any atom is -0.454 e. The van der Waals surface area contributed by atoms with Gasteiger partial charge in [0.05, 0.1) is 17.0 Å². The number of hydrogen-bond acceptors (Lipinski definition) is 8. The summed E-state index contributed by atoms with van der Waals surface area (Å²) in [4.78, 5) is 37.4. The lowest BCUT2D eigenvalue weighted by molar-refractivity contribution is -0.210. The van der Waals surface area contributed by atoms with Crippen molar-refractivity contribution in [2.75, 3.05) is 12.1 Å². The molecule has 2 aromatic rings. The molecule has 0 bridgehead atoms. The van der Waals surface area contributed by atoms with E-state index in [1.54, 1.807) is 66.9 Å². The van der Waals surface area contributed by atoms with E-state index in [0.717, 1.165) is 0 Å². The van der Waals surface area contributed by atoms with Crippen molar-refractivity contribution in [2.24, 2.45) is 0 Å². The number of rotatable bonds is 7. The van der Waals surface area contributed by atoms with Crippen LogP contribution in [0.4, 0.5) is 0 Å². The summed E-state index contributed by atoms with van der Waals surface area (Å²) < 4.78 is 22.9. The molecule has 0 aromatic heterocycles. The minimum atomic E-state index is -1.11. The Hall–Kier alpha value is -2.55. The number of benzene rings is 2. The van der Waals surface area contributed by atoms with E-state index < -0.39 is 47.8 Å². The van der Waals surface area contributed by atoms with Gasteiger partial charge in [0.1, 0.15) is 11.5 Å². The van der Waals surface area contributed by atoms with Gasteiger partial charge in [0.2, 0.25) is 0 Å². The third-order valence-electron chi connectivity index (χ3n) is 4.78. The van der Waals surface area contributed by atoms with Gasteiger partial charge in [-0.3, -0.25) is 4.79 Å². The van der Waals surface area contributed by atoms with Crippen molar-refractivity contribution >= 4 is 41.3 Å². The minimum absolute atomic E-state index is 0.0269. The zero-order chi connectivity index (χ0) is 23.1. The summed E-state index contributed by atoms with van der Waals surface area (Å²) in [5, 5.41) is 0. The molecule has 32 heavy (non-hydrogen) atoms. The van der Waals surface area contributed by atoms with Crippen molar-refractivity contribution in [3.63, 3.8) is 0 Å². The molecule has 170 valence electrons. The molecule has 1 saturated heterocycles. The molecular formula is C23H23ClO7S. The maximum atomic E-state index is 12.7. The molecule has 5 atom stereocenters. The molecule has 0 amide bonds. The van der Waals surface area contributed by atoms with E-state index in [1.165, 1.54) is 18.7 Å². The van der Waals surface area contributed by atoms with Gasteiger partial charge in [-0.1, -0.05) is 36.4 Å². The zero-order valence-corrected chi connectivity index (χ0v) is 19.1. The van der Waals surface area contributed by atoms with E-state index in [-0.39, 0.29) is 5.88 Å². The van der Waals surface area contributed by atoms with Gasteiger partial charge in [-0.15, -0.1) is 23.4 Å². The van der Waals surface area contributed by atoms with Crippen LogP contribution in [0.25, 0.3) is 0 Å². The average Bonchev–Trinajstić information content (AvgIpc) is 2.81. The topological polar surface area (TPSA) is 88.1 Å². The van der Waals surface area contributed by atoms with Crippen LogP contribution < -0.4 is 0 Å². The van der Waals surface area contributed by atoms with Crippen molar-refractivity contribution in [3.05, 3.63) is 71.8 Å². The molecule has 0 radical (unpaired) electrons. The van der Waals surface area contributed by atoms with E-state index in [1.807, 2.05) is 0 Å². The molecule has 1 aliphatic rings. The highest BCUT2D eigenvalue weighted by molar-refractivity contribution is 7.99. The predicted octanol–water partition coefficient (Wildman–Crippen LogP) is 3.70. The molecule has 3 rings (SSSR count). The molecular weight excluding hydrogens is 456 g/mol. The summed E-state index contributed by atoms with van der Waals surface area (Å²) in [6.45, 7) is 1.23. The van der Waals surface area contributed by atoms with Crippen molar-refractivity contribution in [3.8, 4) is 0 Å². The van der Waals surface area contributed by atoms with E-state index >= 15 is 0 Å². The second-order valence-electron chi connectivity index (χ2n) is 6.98. The molecule has 1 fully saturated rings. The van der Waals surface area contributed by atoms with Crippen LogP contribution >= 0.6 is 23.4 Å². The Morgan fingerprint density at radius 1 is 0.844 bits per heavy atom. The molecule has 0 spiro atoms. The van der Waals surface area contributed by atoms with Crippen LogP contribution in [0.1, 0.15) is 27.6 Å². The van der Waals surface area contributed by atoms with Crippen molar-refractivity contribution < 1.29 is 33.3 Å².